The SMILES string of the molecule is CC.CCN1CCOC(C(C)C)C1. The van der Waals surface area contributed by atoms with Gasteiger partial charge in [-0.2, -0.15) is 0 Å². The van der Waals surface area contributed by atoms with E-state index in [2.05, 4.69) is 25.7 Å². The highest BCUT2D eigenvalue weighted by atomic mass is 16.5. The van der Waals surface area contributed by atoms with Crippen LogP contribution in [0.4, 0.5) is 0 Å². The van der Waals surface area contributed by atoms with Crippen molar-refractivity contribution in [3.8, 4) is 0 Å². The molecule has 2 heteroatoms. The molecule has 2 nitrogen and oxygen atoms in total. The molecule has 1 aliphatic rings. The second kappa shape index (κ2) is 7.34. The third-order valence-corrected chi connectivity index (χ3v) is 2.37. The zero-order chi connectivity index (χ0) is 10.3. The highest BCUT2D eigenvalue weighted by molar-refractivity contribution is 4.72. The summed E-state index contributed by atoms with van der Waals surface area (Å²) < 4.78 is 5.63. The van der Waals surface area contributed by atoms with Crippen LogP contribution in [0.2, 0.25) is 0 Å². The summed E-state index contributed by atoms with van der Waals surface area (Å²) in [7, 11) is 0. The number of hydrogen-bond acceptors (Lipinski definition) is 2. The highest BCUT2D eigenvalue weighted by Gasteiger charge is 2.21. The van der Waals surface area contributed by atoms with Crippen molar-refractivity contribution in [2.75, 3.05) is 26.2 Å². The van der Waals surface area contributed by atoms with E-state index in [0.717, 1.165) is 26.2 Å². The van der Waals surface area contributed by atoms with E-state index >= 15 is 0 Å². The summed E-state index contributed by atoms with van der Waals surface area (Å²) in [4.78, 5) is 2.45. The first kappa shape index (κ1) is 12.9. The van der Waals surface area contributed by atoms with E-state index < -0.39 is 0 Å². The number of likely N-dealkylation sites (N-methyl/N-ethyl adjacent to an activating group) is 1. The van der Waals surface area contributed by atoms with Gasteiger partial charge in [-0.3, -0.25) is 4.90 Å². The van der Waals surface area contributed by atoms with Gasteiger partial charge >= 0.3 is 0 Å². The molecule has 1 heterocycles. The minimum absolute atomic E-state index is 0.462. The molecule has 80 valence electrons. The van der Waals surface area contributed by atoms with Crippen molar-refractivity contribution in [1.29, 1.82) is 0 Å². The van der Waals surface area contributed by atoms with Crippen molar-refractivity contribution >= 4 is 0 Å². The topological polar surface area (TPSA) is 12.5 Å². The molecule has 0 saturated carbocycles. The van der Waals surface area contributed by atoms with Crippen LogP contribution < -0.4 is 0 Å². The van der Waals surface area contributed by atoms with Gasteiger partial charge in [-0.05, 0) is 12.5 Å². The van der Waals surface area contributed by atoms with Crippen LogP contribution in [0, 0.1) is 5.92 Å². The fraction of sp³-hybridized carbons (Fsp3) is 1.00. The summed E-state index contributed by atoms with van der Waals surface area (Å²) in [5.41, 5.74) is 0. The number of morpholine rings is 1. The molecule has 0 radical (unpaired) electrons. The lowest BCUT2D eigenvalue weighted by molar-refractivity contribution is -0.0487. The first-order valence-corrected chi connectivity index (χ1v) is 5.58. The Morgan fingerprint density at radius 2 is 2.00 bits per heavy atom. The lowest BCUT2D eigenvalue weighted by Gasteiger charge is -2.34. The molecule has 1 aliphatic heterocycles. The quantitative estimate of drug-likeness (QED) is 0.658. The maximum absolute atomic E-state index is 5.63. The largest absolute Gasteiger partial charge is 0.375 e. The number of hydrogen-bond donors (Lipinski definition) is 0. The predicted molar refractivity (Wildman–Crippen MR) is 58.0 cm³/mol. The molecular weight excluding hydrogens is 162 g/mol. The van der Waals surface area contributed by atoms with Gasteiger partial charge in [-0.15, -0.1) is 0 Å². The minimum atomic E-state index is 0.462. The number of rotatable bonds is 2. The third-order valence-electron chi connectivity index (χ3n) is 2.37. The molecule has 0 aromatic rings. The van der Waals surface area contributed by atoms with Gasteiger partial charge in [0.1, 0.15) is 0 Å². The lowest BCUT2D eigenvalue weighted by atomic mass is 10.1. The molecule has 1 rings (SSSR count). The molecule has 13 heavy (non-hydrogen) atoms. The number of ether oxygens (including phenoxy) is 1. The monoisotopic (exact) mass is 187 g/mol. The van der Waals surface area contributed by atoms with Crippen LogP contribution in [-0.2, 0) is 4.74 Å². The molecule has 1 saturated heterocycles. The maximum atomic E-state index is 5.63. The van der Waals surface area contributed by atoms with E-state index in [9.17, 15) is 0 Å². The zero-order valence-electron chi connectivity index (χ0n) is 9.84. The molecule has 0 bridgehead atoms. The van der Waals surface area contributed by atoms with Gasteiger partial charge in [0, 0.05) is 13.1 Å². The molecule has 1 atom stereocenters. The summed E-state index contributed by atoms with van der Waals surface area (Å²) in [6, 6.07) is 0. The van der Waals surface area contributed by atoms with E-state index in [1.807, 2.05) is 13.8 Å². The summed E-state index contributed by atoms with van der Waals surface area (Å²) in [5, 5.41) is 0. The standard InChI is InChI=1S/C9H19NO.C2H6/c1-4-10-5-6-11-9(7-10)8(2)3;1-2/h8-9H,4-7H2,1-3H3;1-2H3. The molecule has 1 unspecified atom stereocenters. The van der Waals surface area contributed by atoms with Crippen LogP contribution in [0.15, 0.2) is 0 Å². The van der Waals surface area contributed by atoms with Gasteiger partial charge in [0.25, 0.3) is 0 Å². The molecule has 0 aromatic heterocycles. The fourth-order valence-electron chi connectivity index (χ4n) is 1.42. The van der Waals surface area contributed by atoms with Crippen LogP contribution in [0.1, 0.15) is 34.6 Å². The van der Waals surface area contributed by atoms with E-state index in [1.54, 1.807) is 0 Å². The summed E-state index contributed by atoms with van der Waals surface area (Å²) in [5.74, 6) is 0.657. The van der Waals surface area contributed by atoms with Crippen molar-refractivity contribution in [2.24, 2.45) is 5.92 Å². The molecule has 0 amide bonds. The maximum Gasteiger partial charge on any atom is 0.0725 e. The Morgan fingerprint density at radius 3 is 2.46 bits per heavy atom. The fourth-order valence-corrected chi connectivity index (χ4v) is 1.42. The van der Waals surface area contributed by atoms with Gasteiger partial charge in [-0.25, -0.2) is 0 Å². The molecule has 0 N–H and O–H groups in total. The normalized spacial score (nSPS) is 24.0. The molecule has 1 fully saturated rings. The first-order chi connectivity index (χ1) is 6.24. The van der Waals surface area contributed by atoms with Gasteiger partial charge in [0.2, 0.25) is 0 Å². The van der Waals surface area contributed by atoms with Gasteiger partial charge in [0.05, 0.1) is 12.7 Å². The van der Waals surface area contributed by atoms with Crippen LogP contribution >= 0.6 is 0 Å². The van der Waals surface area contributed by atoms with E-state index in [-0.39, 0.29) is 0 Å². The Bertz CT molecular complexity index is 115. The van der Waals surface area contributed by atoms with Crippen molar-refractivity contribution in [3.05, 3.63) is 0 Å². The van der Waals surface area contributed by atoms with Crippen LogP contribution in [0.25, 0.3) is 0 Å². The molecule has 0 aliphatic carbocycles. The summed E-state index contributed by atoms with van der Waals surface area (Å²) in [6.45, 7) is 15.0. The van der Waals surface area contributed by atoms with Gasteiger partial charge in [0.15, 0.2) is 0 Å². The Balaban J connectivity index is 0.000000671. The Morgan fingerprint density at radius 1 is 1.38 bits per heavy atom. The van der Waals surface area contributed by atoms with Gasteiger partial charge in [-0.1, -0.05) is 34.6 Å². The van der Waals surface area contributed by atoms with Crippen LogP contribution in [0.3, 0.4) is 0 Å². The summed E-state index contributed by atoms with van der Waals surface area (Å²) >= 11 is 0. The van der Waals surface area contributed by atoms with Crippen molar-refractivity contribution in [3.63, 3.8) is 0 Å². The average Bonchev–Trinajstić information content (AvgIpc) is 2.21. The third kappa shape index (κ3) is 4.63. The van der Waals surface area contributed by atoms with Gasteiger partial charge < -0.3 is 4.74 Å². The zero-order valence-corrected chi connectivity index (χ0v) is 9.84. The van der Waals surface area contributed by atoms with E-state index in [4.69, 9.17) is 4.74 Å². The van der Waals surface area contributed by atoms with Crippen molar-refractivity contribution in [2.45, 2.75) is 40.7 Å². The smallest absolute Gasteiger partial charge is 0.0725 e. The Hall–Kier alpha value is -0.0800. The second-order valence-corrected chi connectivity index (χ2v) is 3.55. The minimum Gasteiger partial charge on any atom is -0.375 e. The molecule has 0 spiro atoms. The van der Waals surface area contributed by atoms with E-state index in [1.165, 1.54) is 0 Å². The predicted octanol–water partition coefficient (Wildman–Crippen LogP) is 2.39. The van der Waals surface area contributed by atoms with E-state index in [0.29, 0.717) is 12.0 Å². The average molecular weight is 187 g/mol. The number of nitrogens with zero attached hydrogens (tertiary/aromatic N) is 1. The first-order valence-electron chi connectivity index (χ1n) is 5.58. The molecule has 0 aromatic carbocycles. The molecular formula is C11H25NO. The van der Waals surface area contributed by atoms with Crippen LogP contribution in [0.5, 0.6) is 0 Å². The highest BCUT2D eigenvalue weighted by Crippen LogP contribution is 2.12. The Labute approximate surface area is 83.3 Å². The van der Waals surface area contributed by atoms with Crippen LogP contribution in [-0.4, -0.2) is 37.2 Å². The van der Waals surface area contributed by atoms with Crippen molar-refractivity contribution in [1.82, 2.24) is 4.90 Å². The summed E-state index contributed by atoms with van der Waals surface area (Å²) in [6.07, 6.45) is 0.462. The second-order valence-electron chi connectivity index (χ2n) is 3.55. The lowest BCUT2D eigenvalue weighted by Crippen LogP contribution is -2.44. The Kier molecular flexibility index (Phi) is 7.29. The van der Waals surface area contributed by atoms with Crippen molar-refractivity contribution < 1.29 is 4.74 Å².